The van der Waals surface area contributed by atoms with E-state index in [0.29, 0.717) is 11.4 Å². The molecule has 0 aromatic heterocycles. The number of sulfone groups is 1. The molecule has 1 aromatic carbocycles. The lowest BCUT2D eigenvalue weighted by molar-refractivity contribution is 0.402. The molecule has 0 saturated carbocycles. The summed E-state index contributed by atoms with van der Waals surface area (Å²) in [5.74, 6) is 0.521. The summed E-state index contributed by atoms with van der Waals surface area (Å²) >= 11 is 0. The summed E-state index contributed by atoms with van der Waals surface area (Å²) in [6.07, 6.45) is 0. The molecule has 4 nitrogen and oxygen atoms in total. The number of hydrogen-bond donors (Lipinski definition) is 1. The van der Waals surface area contributed by atoms with Crippen LogP contribution in [-0.4, -0.2) is 27.3 Å². The molecule has 0 amide bonds. The van der Waals surface area contributed by atoms with Crippen LogP contribution in [0.4, 0.5) is 5.69 Å². The summed E-state index contributed by atoms with van der Waals surface area (Å²) in [6.45, 7) is 1.85. The Labute approximate surface area is 89.2 Å². The number of benzene rings is 1. The number of anilines is 1. The molecule has 1 N–H and O–H groups in total. The van der Waals surface area contributed by atoms with Gasteiger partial charge in [0.25, 0.3) is 0 Å². The zero-order chi connectivity index (χ0) is 11.1. The average molecular weight is 227 g/mol. The Hall–Kier alpha value is -1.23. The second-order valence-corrected chi connectivity index (χ2v) is 5.63. The number of hydrogen-bond acceptors (Lipinski definition) is 4. The molecule has 0 spiro atoms. The Morgan fingerprint density at radius 1 is 1.47 bits per heavy atom. The highest BCUT2D eigenvalue weighted by atomic mass is 32.2. The maximum absolute atomic E-state index is 11.9. The molecule has 5 heteroatoms. The van der Waals surface area contributed by atoms with Gasteiger partial charge in [-0.15, -0.1) is 0 Å². The third-order valence-electron chi connectivity index (χ3n) is 2.38. The van der Waals surface area contributed by atoms with Crippen LogP contribution in [0.1, 0.15) is 6.92 Å². The number of rotatable bonds is 1. The lowest BCUT2D eigenvalue weighted by Gasteiger charge is -2.25. The van der Waals surface area contributed by atoms with Gasteiger partial charge < -0.3 is 10.1 Å². The van der Waals surface area contributed by atoms with Crippen LogP contribution in [0.2, 0.25) is 0 Å². The van der Waals surface area contributed by atoms with Crippen LogP contribution in [0.3, 0.4) is 0 Å². The first-order chi connectivity index (χ1) is 7.04. The third-order valence-corrected chi connectivity index (χ3v) is 4.36. The average Bonchev–Trinajstić information content (AvgIpc) is 2.14. The summed E-state index contributed by atoms with van der Waals surface area (Å²) in [4.78, 5) is 0.283. The Kier molecular flexibility index (Phi) is 2.34. The first kappa shape index (κ1) is 10.3. The van der Waals surface area contributed by atoms with Gasteiger partial charge in [-0.05, 0) is 19.1 Å². The highest BCUT2D eigenvalue weighted by Crippen LogP contribution is 2.35. The smallest absolute Gasteiger partial charge is 0.186 e. The van der Waals surface area contributed by atoms with Crippen LogP contribution in [0.25, 0.3) is 0 Å². The molecule has 0 radical (unpaired) electrons. The molecular formula is C10H13NO3S. The molecule has 0 saturated heterocycles. The fraction of sp³-hybridized carbons (Fsp3) is 0.400. The molecule has 0 aliphatic carbocycles. The van der Waals surface area contributed by atoms with Crippen molar-refractivity contribution in [3.8, 4) is 5.75 Å². The molecule has 1 aliphatic heterocycles. The highest BCUT2D eigenvalue weighted by molar-refractivity contribution is 7.91. The van der Waals surface area contributed by atoms with E-state index in [-0.39, 0.29) is 16.7 Å². The summed E-state index contributed by atoms with van der Waals surface area (Å²) in [5.41, 5.74) is 0.633. The van der Waals surface area contributed by atoms with Gasteiger partial charge in [0.1, 0.15) is 10.6 Å². The van der Waals surface area contributed by atoms with Crippen molar-refractivity contribution in [1.82, 2.24) is 0 Å². The van der Waals surface area contributed by atoms with Gasteiger partial charge in [-0.3, -0.25) is 0 Å². The van der Waals surface area contributed by atoms with Crippen molar-refractivity contribution in [1.29, 1.82) is 0 Å². The predicted molar refractivity (Wildman–Crippen MR) is 58.1 cm³/mol. The molecular weight excluding hydrogens is 214 g/mol. The summed E-state index contributed by atoms with van der Waals surface area (Å²) in [6, 6.07) is 5.13. The van der Waals surface area contributed by atoms with E-state index >= 15 is 0 Å². The molecule has 1 aromatic rings. The maximum Gasteiger partial charge on any atom is 0.186 e. The standard InChI is InChI=1S/C10H13NO3S/c1-7-6-15(12,13)10-8(11-7)4-3-5-9(10)14-2/h3-5,7,11H,6H2,1-2H3. The molecule has 1 unspecified atom stereocenters. The minimum atomic E-state index is -3.22. The topological polar surface area (TPSA) is 55.4 Å². The molecule has 0 fully saturated rings. The van der Waals surface area contributed by atoms with Gasteiger partial charge in [-0.25, -0.2) is 8.42 Å². The Balaban J connectivity index is 2.68. The normalized spacial score (nSPS) is 22.7. The van der Waals surface area contributed by atoms with Gasteiger partial charge in [-0.2, -0.15) is 0 Å². The van der Waals surface area contributed by atoms with Crippen LogP contribution < -0.4 is 10.1 Å². The Morgan fingerprint density at radius 2 is 2.20 bits per heavy atom. The van der Waals surface area contributed by atoms with Crippen molar-refractivity contribution in [2.24, 2.45) is 0 Å². The van der Waals surface area contributed by atoms with Crippen molar-refractivity contribution in [2.45, 2.75) is 17.9 Å². The van der Waals surface area contributed by atoms with Crippen LogP contribution >= 0.6 is 0 Å². The van der Waals surface area contributed by atoms with E-state index in [9.17, 15) is 8.42 Å². The second kappa shape index (κ2) is 3.41. The van der Waals surface area contributed by atoms with Gasteiger partial charge in [0.05, 0.1) is 18.6 Å². The fourth-order valence-corrected chi connectivity index (χ4v) is 3.66. The van der Waals surface area contributed by atoms with Crippen molar-refractivity contribution in [3.05, 3.63) is 18.2 Å². The van der Waals surface area contributed by atoms with Gasteiger partial charge >= 0.3 is 0 Å². The molecule has 0 bridgehead atoms. The van der Waals surface area contributed by atoms with Gasteiger partial charge in [-0.1, -0.05) is 6.07 Å². The lowest BCUT2D eigenvalue weighted by Crippen LogP contribution is -2.31. The van der Waals surface area contributed by atoms with Gasteiger partial charge in [0, 0.05) is 6.04 Å². The number of methoxy groups -OCH3 is 1. The van der Waals surface area contributed by atoms with Crippen molar-refractivity contribution in [3.63, 3.8) is 0 Å². The molecule has 2 rings (SSSR count). The van der Waals surface area contributed by atoms with Crippen molar-refractivity contribution < 1.29 is 13.2 Å². The van der Waals surface area contributed by atoms with Crippen LogP contribution in [-0.2, 0) is 9.84 Å². The van der Waals surface area contributed by atoms with Crippen molar-refractivity contribution >= 4 is 15.5 Å². The van der Waals surface area contributed by atoms with E-state index < -0.39 is 9.84 Å². The zero-order valence-corrected chi connectivity index (χ0v) is 9.47. The Morgan fingerprint density at radius 3 is 2.87 bits per heavy atom. The molecule has 15 heavy (non-hydrogen) atoms. The summed E-state index contributed by atoms with van der Waals surface area (Å²) in [5, 5.41) is 3.13. The lowest BCUT2D eigenvalue weighted by atomic mass is 10.2. The van der Waals surface area contributed by atoms with E-state index in [1.165, 1.54) is 7.11 Å². The Bertz CT molecular complexity index is 481. The van der Waals surface area contributed by atoms with E-state index in [4.69, 9.17) is 4.74 Å². The minimum absolute atomic E-state index is 0.0605. The SMILES string of the molecule is COc1cccc2c1S(=O)(=O)CC(C)N2. The van der Waals surface area contributed by atoms with Crippen LogP contribution in [0, 0.1) is 0 Å². The molecule has 82 valence electrons. The quantitative estimate of drug-likeness (QED) is 0.785. The van der Waals surface area contributed by atoms with E-state index in [0.717, 1.165) is 0 Å². The van der Waals surface area contributed by atoms with E-state index in [1.54, 1.807) is 18.2 Å². The van der Waals surface area contributed by atoms with Crippen LogP contribution in [0.15, 0.2) is 23.1 Å². The first-order valence-corrected chi connectivity index (χ1v) is 6.36. The minimum Gasteiger partial charge on any atom is -0.495 e. The van der Waals surface area contributed by atoms with E-state index in [1.807, 2.05) is 6.92 Å². The number of ether oxygens (including phenoxy) is 1. The van der Waals surface area contributed by atoms with Crippen molar-refractivity contribution in [2.75, 3.05) is 18.2 Å². The number of nitrogens with one attached hydrogen (secondary N) is 1. The summed E-state index contributed by atoms with van der Waals surface area (Å²) < 4.78 is 29.0. The summed E-state index contributed by atoms with van der Waals surface area (Å²) in [7, 11) is -1.75. The van der Waals surface area contributed by atoms with Crippen LogP contribution in [0.5, 0.6) is 5.75 Å². The van der Waals surface area contributed by atoms with E-state index in [2.05, 4.69) is 5.32 Å². The predicted octanol–water partition coefficient (Wildman–Crippen LogP) is 1.28. The maximum atomic E-state index is 11.9. The molecule has 1 aliphatic rings. The molecule has 1 heterocycles. The first-order valence-electron chi connectivity index (χ1n) is 4.71. The van der Waals surface area contributed by atoms with Gasteiger partial charge in [0.15, 0.2) is 9.84 Å². The number of fused-ring (bicyclic) bond motifs is 1. The largest absolute Gasteiger partial charge is 0.495 e. The monoisotopic (exact) mass is 227 g/mol. The highest BCUT2D eigenvalue weighted by Gasteiger charge is 2.30. The second-order valence-electron chi connectivity index (χ2n) is 3.66. The third kappa shape index (κ3) is 1.67. The van der Waals surface area contributed by atoms with Gasteiger partial charge in [0.2, 0.25) is 0 Å². The zero-order valence-electron chi connectivity index (χ0n) is 8.65. The molecule has 1 atom stereocenters. The fourth-order valence-electron chi connectivity index (χ4n) is 1.83.